The number of nitro groups is 2. The standard InChI is InChI=1S/C25H23N5O7/c1-15-3-7-18(8-4-15)16(2)27-28-25(33)23(11-17-5-9-22(31)10-6-17)26-24(32)19-12-20(29(34)35)14-21(13-19)30(36)37/h3-10,12-14,23,31H,11H2,1-2H3,(H,26,32)(H,28,33)/b27-16-/t23-/m0/s1. The molecule has 0 aliphatic heterocycles. The first-order chi connectivity index (χ1) is 17.5. The van der Waals surface area contributed by atoms with Crippen molar-refractivity contribution in [1.82, 2.24) is 10.7 Å². The first-order valence-corrected chi connectivity index (χ1v) is 11.0. The average molecular weight is 505 g/mol. The van der Waals surface area contributed by atoms with Crippen LogP contribution in [0.2, 0.25) is 0 Å². The van der Waals surface area contributed by atoms with E-state index in [9.17, 15) is 34.9 Å². The Hall–Kier alpha value is -5.13. The molecule has 12 nitrogen and oxygen atoms in total. The maximum Gasteiger partial charge on any atom is 0.277 e. The number of non-ortho nitro benzene ring substituents is 2. The summed E-state index contributed by atoms with van der Waals surface area (Å²) in [5, 5.41) is 38.5. The number of nitrogens with one attached hydrogen (secondary N) is 2. The maximum absolute atomic E-state index is 13.0. The third-order valence-corrected chi connectivity index (χ3v) is 5.39. The van der Waals surface area contributed by atoms with Crippen LogP contribution < -0.4 is 10.7 Å². The summed E-state index contributed by atoms with van der Waals surface area (Å²) in [6.45, 7) is 3.63. The Morgan fingerprint density at radius 3 is 2.03 bits per heavy atom. The number of aryl methyl sites for hydroxylation is 1. The van der Waals surface area contributed by atoms with Crippen LogP contribution in [0.5, 0.6) is 5.75 Å². The highest BCUT2D eigenvalue weighted by atomic mass is 16.6. The molecule has 0 aromatic heterocycles. The summed E-state index contributed by atoms with van der Waals surface area (Å²) in [6, 6.07) is 14.7. The summed E-state index contributed by atoms with van der Waals surface area (Å²) >= 11 is 0. The van der Waals surface area contributed by atoms with Crippen molar-refractivity contribution >= 4 is 28.9 Å². The molecule has 0 fully saturated rings. The summed E-state index contributed by atoms with van der Waals surface area (Å²) in [5.41, 5.74) is 3.69. The van der Waals surface area contributed by atoms with Gasteiger partial charge in [-0.05, 0) is 37.1 Å². The minimum absolute atomic E-state index is 0.0102. The lowest BCUT2D eigenvalue weighted by molar-refractivity contribution is -0.394. The van der Waals surface area contributed by atoms with Crippen LogP contribution in [0.3, 0.4) is 0 Å². The van der Waals surface area contributed by atoms with Crippen molar-refractivity contribution in [3.05, 3.63) is 109 Å². The fraction of sp³-hybridized carbons (Fsp3) is 0.160. The normalized spacial score (nSPS) is 11.9. The number of hydrazone groups is 1. The van der Waals surface area contributed by atoms with Crippen LogP contribution >= 0.6 is 0 Å². The third kappa shape index (κ3) is 7.18. The van der Waals surface area contributed by atoms with Gasteiger partial charge in [0.2, 0.25) is 0 Å². The number of amides is 2. The molecule has 12 heteroatoms. The second kappa shape index (κ2) is 11.5. The van der Waals surface area contributed by atoms with Crippen molar-refractivity contribution in [2.24, 2.45) is 5.10 Å². The van der Waals surface area contributed by atoms with Gasteiger partial charge in [0.25, 0.3) is 23.2 Å². The van der Waals surface area contributed by atoms with Gasteiger partial charge in [-0.15, -0.1) is 0 Å². The van der Waals surface area contributed by atoms with Crippen LogP contribution in [-0.4, -0.2) is 38.5 Å². The van der Waals surface area contributed by atoms with Gasteiger partial charge in [-0.25, -0.2) is 5.43 Å². The molecular formula is C25H23N5O7. The molecule has 0 radical (unpaired) electrons. The second-order valence-corrected chi connectivity index (χ2v) is 8.19. The lowest BCUT2D eigenvalue weighted by Gasteiger charge is -2.18. The smallest absolute Gasteiger partial charge is 0.277 e. The second-order valence-electron chi connectivity index (χ2n) is 8.19. The number of hydrogen-bond acceptors (Lipinski definition) is 8. The topological polar surface area (TPSA) is 177 Å². The van der Waals surface area contributed by atoms with Crippen molar-refractivity contribution in [1.29, 1.82) is 0 Å². The fourth-order valence-electron chi connectivity index (χ4n) is 3.33. The number of hydrogen-bond donors (Lipinski definition) is 3. The Kier molecular flexibility index (Phi) is 8.25. The molecule has 190 valence electrons. The molecule has 2 amide bonds. The summed E-state index contributed by atoms with van der Waals surface area (Å²) in [6.07, 6.45) is -0.0199. The quantitative estimate of drug-likeness (QED) is 0.227. The first kappa shape index (κ1) is 26.5. The number of carbonyl (C=O) groups is 2. The number of nitro benzene ring substituents is 2. The van der Waals surface area contributed by atoms with Gasteiger partial charge in [-0.2, -0.15) is 5.10 Å². The Morgan fingerprint density at radius 2 is 1.49 bits per heavy atom. The monoisotopic (exact) mass is 505 g/mol. The van der Waals surface area contributed by atoms with Crippen LogP contribution in [0.15, 0.2) is 71.8 Å². The molecule has 3 aromatic carbocycles. The molecule has 3 aromatic rings. The molecule has 0 aliphatic rings. The zero-order valence-corrected chi connectivity index (χ0v) is 19.9. The van der Waals surface area contributed by atoms with E-state index in [-0.39, 0.29) is 17.7 Å². The van der Waals surface area contributed by atoms with Gasteiger partial charge < -0.3 is 10.4 Å². The molecule has 0 heterocycles. The summed E-state index contributed by atoms with van der Waals surface area (Å²) < 4.78 is 0. The fourth-order valence-corrected chi connectivity index (χ4v) is 3.33. The van der Waals surface area contributed by atoms with Crippen molar-refractivity contribution < 1.29 is 24.5 Å². The van der Waals surface area contributed by atoms with E-state index >= 15 is 0 Å². The summed E-state index contributed by atoms with van der Waals surface area (Å²) in [4.78, 5) is 46.6. The lowest BCUT2D eigenvalue weighted by Crippen LogP contribution is -2.47. The van der Waals surface area contributed by atoms with Gasteiger partial charge in [-0.3, -0.25) is 29.8 Å². The molecule has 37 heavy (non-hydrogen) atoms. The average Bonchev–Trinajstić information content (AvgIpc) is 2.87. The van der Waals surface area contributed by atoms with Crippen LogP contribution in [-0.2, 0) is 11.2 Å². The largest absolute Gasteiger partial charge is 0.508 e. The molecule has 0 spiro atoms. The van der Waals surface area contributed by atoms with Gasteiger partial charge in [0.05, 0.1) is 27.2 Å². The van der Waals surface area contributed by atoms with Crippen molar-refractivity contribution in [2.75, 3.05) is 0 Å². The van der Waals surface area contributed by atoms with E-state index < -0.39 is 39.1 Å². The number of aromatic hydroxyl groups is 1. The molecule has 0 unspecified atom stereocenters. The highest BCUT2D eigenvalue weighted by molar-refractivity contribution is 6.01. The van der Waals surface area contributed by atoms with E-state index in [0.29, 0.717) is 11.3 Å². The number of rotatable bonds is 9. The predicted molar refractivity (Wildman–Crippen MR) is 134 cm³/mol. The molecule has 0 bridgehead atoms. The molecule has 1 atom stereocenters. The Morgan fingerprint density at radius 1 is 0.919 bits per heavy atom. The van der Waals surface area contributed by atoms with E-state index in [2.05, 4.69) is 15.8 Å². The van der Waals surface area contributed by atoms with E-state index in [1.807, 2.05) is 31.2 Å². The van der Waals surface area contributed by atoms with Gasteiger partial charge in [0.15, 0.2) is 0 Å². The Balaban J connectivity index is 1.87. The molecule has 3 rings (SSSR count). The van der Waals surface area contributed by atoms with Crippen LogP contribution in [0.1, 0.15) is 34.0 Å². The molecule has 0 saturated heterocycles. The zero-order chi connectivity index (χ0) is 27.1. The molecule has 3 N–H and O–H groups in total. The SMILES string of the molecule is C/C(=N/NC(=O)[C@H](Cc1ccc(O)cc1)NC(=O)c1cc([N+](=O)[O-])cc([N+](=O)[O-])c1)c1ccc(C)cc1. The van der Waals surface area contributed by atoms with Crippen LogP contribution in [0.4, 0.5) is 11.4 Å². The van der Waals surface area contributed by atoms with E-state index in [1.165, 1.54) is 12.1 Å². The predicted octanol–water partition coefficient (Wildman–Crippen LogP) is 3.40. The van der Waals surface area contributed by atoms with Gasteiger partial charge >= 0.3 is 0 Å². The highest BCUT2D eigenvalue weighted by Crippen LogP contribution is 2.23. The minimum atomic E-state index is -1.20. The number of benzene rings is 3. The summed E-state index contributed by atoms with van der Waals surface area (Å²) in [7, 11) is 0. The number of phenols is 1. The minimum Gasteiger partial charge on any atom is -0.508 e. The first-order valence-electron chi connectivity index (χ1n) is 11.0. The molecular weight excluding hydrogens is 482 g/mol. The van der Waals surface area contributed by atoms with Gasteiger partial charge in [0, 0.05) is 18.6 Å². The summed E-state index contributed by atoms with van der Waals surface area (Å²) in [5.74, 6) is -1.60. The molecule has 0 aliphatic carbocycles. The number of nitrogens with zero attached hydrogens (tertiary/aromatic N) is 3. The van der Waals surface area contributed by atoms with Crippen LogP contribution in [0, 0.1) is 27.2 Å². The zero-order valence-electron chi connectivity index (χ0n) is 19.9. The van der Waals surface area contributed by atoms with Gasteiger partial charge in [-0.1, -0.05) is 42.0 Å². The van der Waals surface area contributed by atoms with Crippen LogP contribution in [0.25, 0.3) is 0 Å². The Labute approximate surface area is 210 Å². The van der Waals surface area contributed by atoms with Crippen molar-refractivity contribution in [3.63, 3.8) is 0 Å². The van der Waals surface area contributed by atoms with E-state index in [4.69, 9.17) is 0 Å². The molecule has 0 saturated carbocycles. The van der Waals surface area contributed by atoms with Crippen molar-refractivity contribution in [3.8, 4) is 5.75 Å². The van der Waals surface area contributed by atoms with E-state index in [1.54, 1.807) is 19.1 Å². The number of phenolic OH excluding ortho intramolecular Hbond substituents is 1. The van der Waals surface area contributed by atoms with E-state index in [0.717, 1.165) is 29.3 Å². The Bertz CT molecular complexity index is 1340. The van der Waals surface area contributed by atoms with Crippen molar-refractivity contribution in [2.45, 2.75) is 26.3 Å². The number of carbonyl (C=O) groups excluding carboxylic acids is 2. The maximum atomic E-state index is 13.0. The third-order valence-electron chi connectivity index (χ3n) is 5.39. The van der Waals surface area contributed by atoms with Gasteiger partial charge in [0.1, 0.15) is 11.8 Å². The lowest BCUT2D eigenvalue weighted by atomic mass is 10.0. The highest BCUT2D eigenvalue weighted by Gasteiger charge is 2.25.